The molecule has 3 heterocycles. The highest BCUT2D eigenvalue weighted by Crippen LogP contribution is 2.52. The topological polar surface area (TPSA) is 6.48 Å². The van der Waals surface area contributed by atoms with Gasteiger partial charge in [-0.3, -0.25) is 0 Å². The molecule has 11 rings (SSSR count). The predicted octanol–water partition coefficient (Wildman–Crippen LogP) is 13.9. The van der Waals surface area contributed by atoms with Crippen molar-refractivity contribution in [1.29, 1.82) is 0 Å². The fourth-order valence-corrected chi connectivity index (χ4v) is 12.2. The summed E-state index contributed by atoms with van der Waals surface area (Å²) in [6.07, 6.45) is 9.25. The first-order valence-electron chi connectivity index (χ1n) is 22.1. The summed E-state index contributed by atoms with van der Waals surface area (Å²) in [4.78, 5) is 6.77. The second-order valence-corrected chi connectivity index (χ2v) is 21.6. The molecule has 0 unspecified atom stereocenters. The molecule has 1 aromatic heterocycles. The molecule has 0 radical (unpaired) electrons. The number of thiophene rings is 1. The number of fused-ring (bicyclic) bond motifs is 8. The van der Waals surface area contributed by atoms with E-state index in [2.05, 4.69) is 193 Å². The normalized spacial score (nSPS) is 16.9. The third-order valence-electron chi connectivity index (χ3n) is 14.5. The zero-order valence-corrected chi connectivity index (χ0v) is 37.6. The number of nitrogens with zero attached hydrogens (tertiary/aromatic N) is 2. The minimum absolute atomic E-state index is 0.00562. The summed E-state index contributed by atoms with van der Waals surface area (Å²) in [7, 11) is 0. The molecule has 0 spiro atoms. The molecule has 6 aromatic carbocycles. The van der Waals surface area contributed by atoms with Crippen LogP contribution in [0.3, 0.4) is 0 Å². The van der Waals surface area contributed by atoms with Gasteiger partial charge in [0, 0.05) is 43.4 Å². The molecule has 298 valence electrons. The minimum Gasteiger partial charge on any atom is -0.311 e. The molecule has 7 aromatic rings. The average Bonchev–Trinajstić information content (AvgIpc) is 3.61. The van der Waals surface area contributed by atoms with Gasteiger partial charge in [-0.25, -0.2) is 0 Å². The average molecular weight is 799 g/mol. The Morgan fingerprint density at radius 2 is 1.32 bits per heavy atom. The van der Waals surface area contributed by atoms with Crippen molar-refractivity contribution in [2.45, 2.75) is 104 Å². The zero-order valence-electron chi connectivity index (χ0n) is 36.8. The van der Waals surface area contributed by atoms with Gasteiger partial charge in [0.25, 0.3) is 6.71 Å². The van der Waals surface area contributed by atoms with Crippen LogP contribution in [0.4, 0.5) is 34.1 Å². The molecular weight excluding hydrogens is 744 g/mol. The van der Waals surface area contributed by atoms with Crippen LogP contribution in [0, 0.1) is 13.8 Å². The maximum absolute atomic E-state index is 2.68. The van der Waals surface area contributed by atoms with Crippen molar-refractivity contribution in [3.05, 3.63) is 154 Å². The SMILES string of the molecule is Cc1cc2c3c(c1)N(c1cccc4sc5c(c14)CCC=C5)c1cc(C(C)(C)C)ccc1B3c1cc3c(cc1N2c1cc(-c2ccccc2)ccc1C)C(C)(C)CCC3(C)C. The monoisotopic (exact) mass is 798 g/mol. The van der Waals surface area contributed by atoms with E-state index in [1.54, 1.807) is 0 Å². The molecule has 0 N–H and O–H groups in total. The van der Waals surface area contributed by atoms with Gasteiger partial charge in [0.2, 0.25) is 0 Å². The van der Waals surface area contributed by atoms with Crippen molar-refractivity contribution in [2.75, 3.05) is 9.80 Å². The van der Waals surface area contributed by atoms with Gasteiger partial charge in [0.05, 0.1) is 5.69 Å². The predicted molar refractivity (Wildman–Crippen MR) is 262 cm³/mol. The molecule has 2 nitrogen and oxygen atoms in total. The molecule has 0 atom stereocenters. The number of aryl methyl sites for hydroxylation is 3. The smallest absolute Gasteiger partial charge is 0.252 e. The molecule has 0 fully saturated rings. The summed E-state index contributed by atoms with van der Waals surface area (Å²) in [5.74, 6) is 0. The molecule has 0 bridgehead atoms. The molecule has 2 aliphatic heterocycles. The first kappa shape index (κ1) is 37.7. The number of rotatable bonds is 3. The van der Waals surface area contributed by atoms with Crippen molar-refractivity contribution in [1.82, 2.24) is 0 Å². The highest BCUT2D eigenvalue weighted by molar-refractivity contribution is 7.20. The van der Waals surface area contributed by atoms with Crippen molar-refractivity contribution >= 4 is 84.7 Å². The second kappa shape index (κ2) is 13.1. The van der Waals surface area contributed by atoms with Crippen molar-refractivity contribution < 1.29 is 0 Å². The van der Waals surface area contributed by atoms with E-state index in [9.17, 15) is 0 Å². The molecule has 60 heavy (non-hydrogen) atoms. The van der Waals surface area contributed by atoms with Gasteiger partial charge in [0.15, 0.2) is 0 Å². The lowest BCUT2D eigenvalue weighted by molar-refractivity contribution is 0.332. The van der Waals surface area contributed by atoms with Gasteiger partial charge in [-0.1, -0.05) is 121 Å². The fraction of sp³-hybridized carbons (Fsp3) is 0.286. The summed E-state index contributed by atoms with van der Waals surface area (Å²) in [5.41, 5.74) is 23.0. The van der Waals surface area contributed by atoms with Gasteiger partial charge >= 0.3 is 0 Å². The Bertz CT molecular complexity index is 2960. The molecule has 4 aliphatic rings. The van der Waals surface area contributed by atoms with Gasteiger partial charge in [0.1, 0.15) is 0 Å². The van der Waals surface area contributed by atoms with Gasteiger partial charge < -0.3 is 9.80 Å². The van der Waals surface area contributed by atoms with E-state index < -0.39 is 0 Å². The Labute approximate surface area is 361 Å². The number of benzene rings is 6. The Morgan fingerprint density at radius 3 is 2.05 bits per heavy atom. The lowest BCUT2D eigenvalue weighted by Gasteiger charge is -2.48. The largest absolute Gasteiger partial charge is 0.311 e. The highest BCUT2D eigenvalue weighted by atomic mass is 32.1. The fourth-order valence-electron chi connectivity index (χ4n) is 11.0. The first-order valence-corrected chi connectivity index (χ1v) is 23.0. The minimum atomic E-state index is -0.00562. The van der Waals surface area contributed by atoms with Crippen LogP contribution >= 0.6 is 11.3 Å². The van der Waals surface area contributed by atoms with E-state index in [0.717, 1.165) is 12.8 Å². The summed E-state index contributed by atoms with van der Waals surface area (Å²) < 4.78 is 1.37. The summed E-state index contributed by atoms with van der Waals surface area (Å²) in [6, 6.07) is 42.8. The van der Waals surface area contributed by atoms with E-state index >= 15 is 0 Å². The van der Waals surface area contributed by atoms with Crippen LogP contribution in [0.15, 0.2) is 115 Å². The van der Waals surface area contributed by atoms with Gasteiger partial charge in [-0.05, 0) is 165 Å². The van der Waals surface area contributed by atoms with E-state index in [4.69, 9.17) is 0 Å². The third kappa shape index (κ3) is 5.59. The van der Waals surface area contributed by atoms with Crippen molar-refractivity contribution in [2.24, 2.45) is 0 Å². The van der Waals surface area contributed by atoms with Crippen LogP contribution in [0.5, 0.6) is 0 Å². The van der Waals surface area contributed by atoms with Crippen LogP contribution in [0.25, 0.3) is 27.3 Å². The molecular formula is C56H55BN2S. The Kier molecular flexibility index (Phi) is 8.22. The first-order chi connectivity index (χ1) is 28.7. The van der Waals surface area contributed by atoms with Crippen LogP contribution in [-0.4, -0.2) is 6.71 Å². The Balaban J connectivity index is 1.27. The summed E-state index contributed by atoms with van der Waals surface area (Å²) in [6.45, 7) is 21.7. The van der Waals surface area contributed by atoms with E-state index in [1.165, 1.54) is 123 Å². The quantitative estimate of drug-likeness (QED) is 0.164. The Hall–Kier alpha value is -5.32. The van der Waals surface area contributed by atoms with E-state index in [0.29, 0.717) is 0 Å². The number of hydrogen-bond acceptors (Lipinski definition) is 3. The number of allylic oxidation sites excluding steroid dienone is 1. The highest BCUT2D eigenvalue weighted by Gasteiger charge is 2.47. The van der Waals surface area contributed by atoms with E-state index in [1.807, 2.05) is 11.3 Å². The lowest BCUT2D eigenvalue weighted by Crippen LogP contribution is -2.62. The van der Waals surface area contributed by atoms with Crippen LogP contribution in [0.2, 0.25) is 0 Å². The van der Waals surface area contributed by atoms with Crippen LogP contribution in [0.1, 0.15) is 106 Å². The van der Waals surface area contributed by atoms with Crippen LogP contribution < -0.4 is 26.2 Å². The summed E-state index contributed by atoms with van der Waals surface area (Å²) in [5, 5.41) is 1.42. The molecule has 4 heteroatoms. The van der Waals surface area contributed by atoms with Gasteiger partial charge in [-0.15, -0.1) is 11.3 Å². The number of hydrogen-bond donors (Lipinski definition) is 0. The third-order valence-corrected chi connectivity index (χ3v) is 15.7. The standard InChI is InChI=1S/C56H55BN2S/c1-34-28-48-53-49(29-34)59(45-30-37(23-22-35(45)2)36-16-11-10-12-17-36)47-33-41-40(55(6,7)26-27-56(41,8)9)32-43(47)57(53)42-25-24-38(54(3,4)5)31-46(42)58(48)44-19-15-21-51-52(44)39-18-13-14-20-50(39)60-51/h10-12,14-17,19-25,28-33H,13,18,26-27H2,1-9H3. The Morgan fingerprint density at radius 1 is 0.617 bits per heavy atom. The van der Waals surface area contributed by atoms with Crippen molar-refractivity contribution in [3.8, 4) is 11.1 Å². The van der Waals surface area contributed by atoms with Crippen LogP contribution in [-0.2, 0) is 22.7 Å². The molecule has 0 saturated heterocycles. The number of anilines is 6. The maximum Gasteiger partial charge on any atom is 0.252 e. The molecule has 0 saturated carbocycles. The zero-order chi connectivity index (χ0) is 41.5. The van der Waals surface area contributed by atoms with E-state index in [-0.39, 0.29) is 23.0 Å². The van der Waals surface area contributed by atoms with Crippen molar-refractivity contribution in [3.63, 3.8) is 0 Å². The second-order valence-electron chi connectivity index (χ2n) is 20.5. The van der Waals surface area contributed by atoms with Gasteiger partial charge in [-0.2, -0.15) is 0 Å². The summed E-state index contributed by atoms with van der Waals surface area (Å²) >= 11 is 1.95. The molecule has 2 aliphatic carbocycles. The lowest BCUT2D eigenvalue weighted by atomic mass is 9.33. The maximum atomic E-state index is 2.68. The molecule has 0 amide bonds.